The van der Waals surface area contributed by atoms with E-state index in [-0.39, 0.29) is 0 Å². The van der Waals surface area contributed by atoms with E-state index in [9.17, 15) is 4.79 Å². The van der Waals surface area contributed by atoms with E-state index in [1.165, 1.54) is 6.92 Å². The van der Waals surface area contributed by atoms with Crippen molar-refractivity contribution in [1.29, 1.82) is 0 Å². The molecule has 0 spiro atoms. The summed E-state index contributed by atoms with van der Waals surface area (Å²) in [6.07, 6.45) is 0. The Labute approximate surface area is 58.5 Å². The quantitative estimate of drug-likeness (QED) is 0.467. The second-order valence-electron chi connectivity index (χ2n) is 1.65. The van der Waals surface area contributed by atoms with E-state index in [0.717, 1.165) is 6.92 Å². The van der Waals surface area contributed by atoms with Gasteiger partial charge in [-0.15, -0.1) is 0 Å². The first-order valence-corrected chi connectivity index (χ1v) is 2.55. The lowest BCUT2D eigenvalue weighted by molar-refractivity contribution is -0.138. The summed E-state index contributed by atoms with van der Waals surface area (Å²) in [6, 6.07) is -0.731. The van der Waals surface area contributed by atoms with Crippen LogP contribution in [0.5, 0.6) is 0 Å². The van der Waals surface area contributed by atoms with Gasteiger partial charge in [0.1, 0.15) is 6.04 Å². The molecule has 1 atom stereocenters. The van der Waals surface area contributed by atoms with Crippen LogP contribution in [0.4, 0.5) is 0 Å². The summed E-state index contributed by atoms with van der Waals surface area (Å²) in [7, 11) is 0. The molecule has 0 aromatic carbocycles. The van der Waals surface area contributed by atoms with E-state index in [1.54, 1.807) is 0 Å². The highest BCUT2D eigenvalue weighted by atomic mass is 16.4. The van der Waals surface area contributed by atoms with Gasteiger partial charge in [0.25, 0.3) is 5.97 Å². The smallest absolute Gasteiger partial charge is 0.320 e. The third-order valence-electron chi connectivity index (χ3n) is 0.390. The average molecular weight is 149 g/mol. The highest BCUT2D eigenvalue weighted by Crippen LogP contribution is 1.68. The second-order valence-corrected chi connectivity index (χ2v) is 1.65. The lowest BCUT2D eigenvalue weighted by Crippen LogP contribution is -2.25. The highest BCUT2D eigenvalue weighted by Gasteiger charge is 1.99. The van der Waals surface area contributed by atoms with Crippen LogP contribution in [0.25, 0.3) is 0 Å². The van der Waals surface area contributed by atoms with Crippen molar-refractivity contribution in [2.24, 2.45) is 5.73 Å². The van der Waals surface area contributed by atoms with Crippen LogP contribution in [-0.2, 0) is 9.59 Å². The maximum absolute atomic E-state index is 9.57. The van der Waals surface area contributed by atoms with Crippen LogP contribution in [0.1, 0.15) is 13.8 Å². The molecule has 5 heteroatoms. The molecule has 0 bridgehead atoms. The topological polar surface area (TPSA) is 101 Å². The summed E-state index contributed by atoms with van der Waals surface area (Å²) in [5.41, 5.74) is 4.84. The predicted octanol–water partition coefficient (Wildman–Crippen LogP) is -0.491. The molecule has 0 saturated carbocycles. The summed E-state index contributed by atoms with van der Waals surface area (Å²) >= 11 is 0. The molecule has 0 radical (unpaired) electrons. The molecule has 4 N–H and O–H groups in total. The lowest BCUT2D eigenvalue weighted by Gasteiger charge is -1.90. The van der Waals surface area contributed by atoms with Gasteiger partial charge in [-0.2, -0.15) is 0 Å². The Kier molecular flexibility index (Phi) is 7.03. The molecule has 5 nitrogen and oxygen atoms in total. The molecule has 0 aliphatic rings. The lowest BCUT2D eigenvalue weighted by atomic mass is 10.4. The monoisotopic (exact) mass is 149 g/mol. The third kappa shape index (κ3) is 28.6. The number of hydrogen-bond donors (Lipinski definition) is 3. The Morgan fingerprint density at radius 2 is 1.50 bits per heavy atom. The minimum atomic E-state index is -0.963. The minimum Gasteiger partial charge on any atom is -0.481 e. The summed E-state index contributed by atoms with van der Waals surface area (Å²) in [4.78, 5) is 18.6. The van der Waals surface area contributed by atoms with Gasteiger partial charge in [-0.3, -0.25) is 9.59 Å². The van der Waals surface area contributed by atoms with Crippen LogP contribution in [-0.4, -0.2) is 28.2 Å². The number of rotatable bonds is 1. The van der Waals surface area contributed by atoms with Crippen molar-refractivity contribution >= 4 is 11.9 Å². The van der Waals surface area contributed by atoms with Crippen molar-refractivity contribution in [1.82, 2.24) is 0 Å². The fourth-order valence-electron chi connectivity index (χ4n) is 0. The molecule has 0 amide bonds. The highest BCUT2D eigenvalue weighted by molar-refractivity contribution is 5.72. The van der Waals surface area contributed by atoms with Crippen LogP contribution in [0.2, 0.25) is 0 Å². The van der Waals surface area contributed by atoms with Gasteiger partial charge in [0.05, 0.1) is 0 Å². The zero-order valence-electron chi connectivity index (χ0n) is 5.87. The van der Waals surface area contributed by atoms with Crippen molar-refractivity contribution in [3.8, 4) is 0 Å². The molecule has 10 heavy (non-hydrogen) atoms. The van der Waals surface area contributed by atoms with Crippen molar-refractivity contribution in [2.45, 2.75) is 19.9 Å². The number of carboxylic acids is 2. The number of nitrogens with two attached hydrogens (primary N) is 1. The zero-order chi connectivity index (χ0) is 8.73. The first-order valence-electron chi connectivity index (χ1n) is 2.55. The molecule has 0 aromatic rings. The Balaban J connectivity index is 0. The first-order chi connectivity index (χ1) is 4.37. The van der Waals surface area contributed by atoms with Gasteiger partial charge < -0.3 is 15.9 Å². The number of aliphatic carboxylic acids is 2. The SMILES string of the molecule is CC(=O)O.C[C@H](N)C(=O)O. The molecule has 0 rings (SSSR count). The number of hydrogen-bond acceptors (Lipinski definition) is 3. The van der Waals surface area contributed by atoms with Crippen molar-refractivity contribution < 1.29 is 19.8 Å². The number of carbonyl (C=O) groups is 2. The molecular formula is C5H11NO4. The van der Waals surface area contributed by atoms with E-state index >= 15 is 0 Å². The van der Waals surface area contributed by atoms with Crippen LogP contribution in [0, 0.1) is 0 Å². The molecule has 60 valence electrons. The normalized spacial score (nSPS) is 10.7. The fourth-order valence-corrected chi connectivity index (χ4v) is 0. The molecule has 0 aliphatic carbocycles. The molecule has 0 aromatic heterocycles. The van der Waals surface area contributed by atoms with E-state index < -0.39 is 18.0 Å². The van der Waals surface area contributed by atoms with Gasteiger partial charge in [0.15, 0.2) is 0 Å². The van der Waals surface area contributed by atoms with E-state index in [1.807, 2.05) is 0 Å². The average Bonchev–Trinajstić information content (AvgIpc) is 1.63. The van der Waals surface area contributed by atoms with Crippen molar-refractivity contribution in [3.63, 3.8) is 0 Å². The fraction of sp³-hybridized carbons (Fsp3) is 0.600. The van der Waals surface area contributed by atoms with Gasteiger partial charge in [0, 0.05) is 6.92 Å². The Bertz CT molecular complexity index is 117. The Morgan fingerprint density at radius 3 is 1.50 bits per heavy atom. The van der Waals surface area contributed by atoms with Gasteiger partial charge in [-0.1, -0.05) is 0 Å². The molecule has 0 heterocycles. The molecule has 0 unspecified atom stereocenters. The first kappa shape index (κ1) is 11.7. The molecular weight excluding hydrogens is 138 g/mol. The van der Waals surface area contributed by atoms with Crippen LogP contribution < -0.4 is 5.73 Å². The maximum atomic E-state index is 9.57. The minimum absolute atomic E-state index is 0.731. The summed E-state index contributed by atoms with van der Waals surface area (Å²) in [6.45, 7) is 2.50. The van der Waals surface area contributed by atoms with Gasteiger partial charge in [0.2, 0.25) is 0 Å². The summed E-state index contributed by atoms with van der Waals surface area (Å²) < 4.78 is 0. The predicted molar refractivity (Wildman–Crippen MR) is 34.6 cm³/mol. The van der Waals surface area contributed by atoms with Gasteiger partial charge >= 0.3 is 5.97 Å². The van der Waals surface area contributed by atoms with Crippen LogP contribution >= 0.6 is 0 Å². The van der Waals surface area contributed by atoms with Crippen molar-refractivity contribution in [3.05, 3.63) is 0 Å². The van der Waals surface area contributed by atoms with E-state index in [0.29, 0.717) is 0 Å². The third-order valence-corrected chi connectivity index (χ3v) is 0.390. The molecule has 0 saturated heterocycles. The Morgan fingerprint density at radius 1 is 1.40 bits per heavy atom. The van der Waals surface area contributed by atoms with Crippen LogP contribution in [0.15, 0.2) is 0 Å². The largest absolute Gasteiger partial charge is 0.481 e. The molecule has 0 aliphatic heterocycles. The van der Waals surface area contributed by atoms with E-state index in [2.05, 4.69) is 0 Å². The van der Waals surface area contributed by atoms with Gasteiger partial charge in [-0.05, 0) is 6.92 Å². The van der Waals surface area contributed by atoms with Crippen LogP contribution in [0.3, 0.4) is 0 Å². The Hall–Kier alpha value is -1.10. The van der Waals surface area contributed by atoms with E-state index in [4.69, 9.17) is 20.7 Å². The standard InChI is InChI=1S/C3H7NO2.C2H4O2/c1-2(4)3(5)6;1-2(3)4/h2H,4H2,1H3,(H,5,6);1H3,(H,3,4)/t2-;/m0./s1. The van der Waals surface area contributed by atoms with Crippen molar-refractivity contribution in [2.75, 3.05) is 0 Å². The summed E-state index contributed by atoms with van der Waals surface area (Å²) in [5, 5.41) is 15.3. The number of carboxylic acid groups (broad SMARTS) is 2. The summed E-state index contributed by atoms with van der Waals surface area (Å²) in [5.74, 6) is -1.80. The second kappa shape index (κ2) is 6.03. The zero-order valence-corrected chi connectivity index (χ0v) is 5.87. The molecule has 0 fully saturated rings. The maximum Gasteiger partial charge on any atom is 0.320 e. The van der Waals surface area contributed by atoms with Gasteiger partial charge in [-0.25, -0.2) is 0 Å².